The van der Waals surface area contributed by atoms with Gasteiger partial charge in [0, 0.05) is 18.6 Å². The lowest BCUT2D eigenvalue weighted by atomic mass is 9.97. The zero-order valence-electron chi connectivity index (χ0n) is 15.4. The molecule has 1 heterocycles. The van der Waals surface area contributed by atoms with Gasteiger partial charge in [0.1, 0.15) is 0 Å². The molecular formula is C18H26N2O5S. The summed E-state index contributed by atoms with van der Waals surface area (Å²) in [6.07, 6.45) is 2.99. The van der Waals surface area contributed by atoms with E-state index in [0.29, 0.717) is 0 Å². The van der Waals surface area contributed by atoms with Crippen LogP contribution >= 0.6 is 0 Å². The monoisotopic (exact) mass is 382 g/mol. The molecule has 144 valence electrons. The molecule has 26 heavy (non-hydrogen) atoms. The van der Waals surface area contributed by atoms with Crippen molar-refractivity contribution in [3.05, 3.63) is 29.8 Å². The lowest BCUT2D eigenvalue weighted by Crippen LogP contribution is -2.49. The summed E-state index contributed by atoms with van der Waals surface area (Å²) >= 11 is 0. The molecule has 1 saturated heterocycles. The fraction of sp³-hybridized carbons (Fsp3) is 0.556. The summed E-state index contributed by atoms with van der Waals surface area (Å²) in [5.74, 6) is -0.854. The van der Waals surface area contributed by atoms with Crippen LogP contribution in [0.15, 0.2) is 29.2 Å². The molecule has 0 aromatic heterocycles. The molecule has 1 amide bonds. The Morgan fingerprint density at radius 2 is 1.73 bits per heavy atom. The molecule has 1 aromatic rings. The number of rotatable bonds is 6. The molecule has 2 atom stereocenters. The lowest BCUT2D eigenvalue weighted by Gasteiger charge is -2.38. The molecule has 7 nitrogen and oxygen atoms in total. The average molecular weight is 382 g/mol. The van der Waals surface area contributed by atoms with Gasteiger partial charge < -0.3 is 9.64 Å². The van der Waals surface area contributed by atoms with Crippen LogP contribution in [0.4, 0.5) is 0 Å². The average Bonchev–Trinajstić information content (AvgIpc) is 2.59. The van der Waals surface area contributed by atoms with E-state index in [4.69, 9.17) is 4.74 Å². The number of likely N-dealkylation sites (tertiary alicyclic amines) is 1. The van der Waals surface area contributed by atoms with Gasteiger partial charge in [0.25, 0.3) is 5.91 Å². The van der Waals surface area contributed by atoms with E-state index < -0.39 is 16.0 Å². The van der Waals surface area contributed by atoms with Crippen molar-refractivity contribution in [3.8, 4) is 0 Å². The molecular weight excluding hydrogens is 356 g/mol. The van der Waals surface area contributed by atoms with Crippen molar-refractivity contribution in [2.24, 2.45) is 0 Å². The highest BCUT2D eigenvalue weighted by atomic mass is 32.2. The van der Waals surface area contributed by atoms with E-state index in [1.54, 1.807) is 11.8 Å². The quantitative estimate of drug-likeness (QED) is 0.759. The largest absolute Gasteiger partial charge is 0.452 e. The number of ether oxygens (including phenoxy) is 1. The molecule has 1 aromatic carbocycles. The normalized spacial score (nSPS) is 20.7. The predicted molar refractivity (Wildman–Crippen MR) is 97.2 cm³/mol. The minimum Gasteiger partial charge on any atom is -0.452 e. The highest BCUT2D eigenvalue weighted by molar-refractivity contribution is 7.89. The maximum Gasteiger partial charge on any atom is 0.338 e. The van der Waals surface area contributed by atoms with Crippen molar-refractivity contribution in [3.63, 3.8) is 0 Å². The number of carbonyl (C=O) groups is 2. The zero-order chi connectivity index (χ0) is 19.3. The molecule has 1 N–H and O–H groups in total. The maximum atomic E-state index is 12.4. The molecule has 0 bridgehead atoms. The van der Waals surface area contributed by atoms with Gasteiger partial charge in [-0.2, -0.15) is 0 Å². The van der Waals surface area contributed by atoms with Gasteiger partial charge in [-0.25, -0.2) is 17.9 Å². The Bertz CT molecular complexity index is 735. The third-order valence-corrected chi connectivity index (χ3v) is 6.10. The van der Waals surface area contributed by atoms with Crippen LogP contribution < -0.4 is 4.72 Å². The van der Waals surface area contributed by atoms with Gasteiger partial charge in [-0.1, -0.05) is 6.92 Å². The van der Waals surface area contributed by atoms with Crippen LogP contribution in [0, 0.1) is 0 Å². The van der Waals surface area contributed by atoms with Crippen LogP contribution in [-0.2, 0) is 19.6 Å². The standard InChI is InChI=1S/C18H26N2O5S/c1-4-19-26(23,24)16-10-8-15(9-11-16)18(22)25-12-17(21)20-13(2)6-5-7-14(20)3/h8-11,13-14,19H,4-7,12H2,1-3H3/t13-,14-/m1/s1. The van der Waals surface area contributed by atoms with E-state index in [-0.39, 0.29) is 41.6 Å². The van der Waals surface area contributed by atoms with Crippen molar-refractivity contribution >= 4 is 21.9 Å². The van der Waals surface area contributed by atoms with E-state index in [1.165, 1.54) is 24.3 Å². The second-order valence-electron chi connectivity index (χ2n) is 6.53. The van der Waals surface area contributed by atoms with Gasteiger partial charge in [0.2, 0.25) is 10.0 Å². The van der Waals surface area contributed by atoms with Gasteiger partial charge in [-0.05, 0) is 57.4 Å². The van der Waals surface area contributed by atoms with Crippen LogP contribution in [0.5, 0.6) is 0 Å². The van der Waals surface area contributed by atoms with Crippen LogP contribution in [0.3, 0.4) is 0 Å². The van der Waals surface area contributed by atoms with Crippen molar-refractivity contribution in [1.29, 1.82) is 0 Å². The SMILES string of the molecule is CCNS(=O)(=O)c1ccc(C(=O)OCC(=O)N2[C@H](C)CCC[C@H]2C)cc1. The Morgan fingerprint density at radius 3 is 2.27 bits per heavy atom. The minimum absolute atomic E-state index is 0.0722. The number of sulfonamides is 1. The summed E-state index contributed by atoms with van der Waals surface area (Å²) in [4.78, 5) is 26.3. The van der Waals surface area contributed by atoms with Gasteiger partial charge in [0.15, 0.2) is 6.61 Å². The molecule has 0 aliphatic carbocycles. The third kappa shape index (κ3) is 4.82. The number of hydrogen-bond acceptors (Lipinski definition) is 5. The molecule has 0 unspecified atom stereocenters. The molecule has 8 heteroatoms. The van der Waals surface area contributed by atoms with E-state index in [2.05, 4.69) is 4.72 Å². The van der Waals surface area contributed by atoms with Gasteiger partial charge in [0.05, 0.1) is 10.5 Å². The first kappa shape index (κ1) is 20.4. The van der Waals surface area contributed by atoms with E-state index >= 15 is 0 Å². The number of hydrogen-bond donors (Lipinski definition) is 1. The van der Waals surface area contributed by atoms with Crippen molar-refractivity contribution in [2.45, 2.75) is 57.0 Å². The van der Waals surface area contributed by atoms with Crippen molar-refractivity contribution in [1.82, 2.24) is 9.62 Å². The number of esters is 1. The Kier molecular flexibility index (Phi) is 6.77. The van der Waals surface area contributed by atoms with Crippen LogP contribution in [0.1, 0.15) is 50.4 Å². The Hall–Kier alpha value is -1.93. The maximum absolute atomic E-state index is 12.4. The zero-order valence-corrected chi connectivity index (χ0v) is 16.2. The molecule has 0 saturated carbocycles. The second kappa shape index (κ2) is 8.64. The smallest absolute Gasteiger partial charge is 0.338 e. The summed E-state index contributed by atoms with van der Waals surface area (Å²) in [5.41, 5.74) is 0.202. The van der Waals surface area contributed by atoms with Crippen LogP contribution in [0.25, 0.3) is 0 Å². The summed E-state index contributed by atoms with van der Waals surface area (Å²) in [7, 11) is -3.57. The summed E-state index contributed by atoms with van der Waals surface area (Å²) in [5, 5.41) is 0. The van der Waals surface area contributed by atoms with E-state index in [0.717, 1.165) is 19.3 Å². The predicted octanol–water partition coefficient (Wildman–Crippen LogP) is 1.93. The Balaban J connectivity index is 1.96. The number of piperidine rings is 1. The molecule has 1 aliphatic heterocycles. The summed E-state index contributed by atoms with van der Waals surface area (Å²) in [6, 6.07) is 5.71. The molecule has 0 radical (unpaired) electrons. The Labute approximate surface area is 154 Å². The van der Waals surface area contributed by atoms with Crippen molar-refractivity contribution < 1.29 is 22.7 Å². The first-order valence-corrected chi connectivity index (χ1v) is 10.3. The number of nitrogens with zero attached hydrogens (tertiary/aromatic N) is 1. The van der Waals surface area contributed by atoms with Crippen LogP contribution in [0.2, 0.25) is 0 Å². The number of nitrogens with one attached hydrogen (secondary N) is 1. The highest BCUT2D eigenvalue weighted by Gasteiger charge is 2.29. The molecule has 1 fully saturated rings. The summed E-state index contributed by atoms with van der Waals surface area (Å²) in [6.45, 7) is 5.65. The first-order valence-electron chi connectivity index (χ1n) is 8.84. The molecule has 1 aliphatic rings. The second-order valence-corrected chi connectivity index (χ2v) is 8.30. The van der Waals surface area contributed by atoms with Gasteiger partial charge in [-0.15, -0.1) is 0 Å². The first-order chi connectivity index (χ1) is 12.3. The summed E-state index contributed by atoms with van der Waals surface area (Å²) < 4.78 is 31.3. The minimum atomic E-state index is -3.57. The van der Waals surface area contributed by atoms with Crippen LogP contribution in [-0.4, -0.2) is 50.4 Å². The third-order valence-electron chi connectivity index (χ3n) is 4.54. The van der Waals surface area contributed by atoms with E-state index in [1.807, 2.05) is 13.8 Å². The fourth-order valence-electron chi connectivity index (χ4n) is 3.24. The van der Waals surface area contributed by atoms with Crippen molar-refractivity contribution in [2.75, 3.05) is 13.2 Å². The number of amides is 1. The topological polar surface area (TPSA) is 92.8 Å². The number of benzene rings is 1. The molecule has 2 rings (SSSR count). The van der Waals surface area contributed by atoms with Gasteiger partial charge >= 0.3 is 5.97 Å². The number of carbonyl (C=O) groups excluding carboxylic acids is 2. The molecule has 0 spiro atoms. The van der Waals surface area contributed by atoms with Gasteiger partial charge in [-0.3, -0.25) is 4.79 Å². The van der Waals surface area contributed by atoms with E-state index in [9.17, 15) is 18.0 Å². The lowest BCUT2D eigenvalue weighted by molar-refractivity contribution is -0.140. The Morgan fingerprint density at radius 1 is 1.15 bits per heavy atom. The highest BCUT2D eigenvalue weighted by Crippen LogP contribution is 2.22. The fourth-order valence-corrected chi connectivity index (χ4v) is 4.28.